The van der Waals surface area contributed by atoms with Crippen molar-refractivity contribution >= 4 is 27.8 Å². The summed E-state index contributed by atoms with van der Waals surface area (Å²) < 4.78 is 33.0. The van der Waals surface area contributed by atoms with Crippen molar-refractivity contribution in [2.45, 2.75) is 90.2 Å². The van der Waals surface area contributed by atoms with Gasteiger partial charge in [0.2, 0.25) is 0 Å². The zero-order valence-corrected chi connectivity index (χ0v) is 21.3. The summed E-state index contributed by atoms with van der Waals surface area (Å²) in [6.45, 7) is 7.65. The van der Waals surface area contributed by atoms with Crippen molar-refractivity contribution in [2.24, 2.45) is 0 Å². The number of nitrogens with one attached hydrogen (secondary N) is 2. The standard InChI is InChI=1S/C25H35N3O5S/c1-24(2,3)33-23(30)28-14-7-12-25(28,4)13-15-34(31,32)27-22(29)26-21-19-10-5-8-17(19)16-18-9-6-11-20(18)21/h13,15-16H,5-12,14H2,1-4H3,(H2,26,27,29)/b15-13+. The average molecular weight is 490 g/mol. The van der Waals surface area contributed by atoms with E-state index < -0.39 is 33.3 Å². The van der Waals surface area contributed by atoms with Gasteiger partial charge in [0, 0.05) is 17.6 Å². The van der Waals surface area contributed by atoms with Crippen molar-refractivity contribution in [3.05, 3.63) is 39.8 Å². The van der Waals surface area contributed by atoms with Gasteiger partial charge in [-0.1, -0.05) is 6.07 Å². The summed E-state index contributed by atoms with van der Waals surface area (Å²) in [5.41, 5.74) is 4.12. The van der Waals surface area contributed by atoms with Crippen molar-refractivity contribution in [2.75, 3.05) is 11.9 Å². The number of hydrogen-bond donors (Lipinski definition) is 2. The Morgan fingerprint density at radius 3 is 2.26 bits per heavy atom. The number of fused-ring (bicyclic) bond motifs is 2. The number of carbonyl (C=O) groups excluding carboxylic acids is 2. The molecule has 1 atom stereocenters. The van der Waals surface area contributed by atoms with Gasteiger partial charge in [-0.25, -0.2) is 22.7 Å². The molecular weight excluding hydrogens is 454 g/mol. The van der Waals surface area contributed by atoms with E-state index in [1.54, 1.807) is 32.6 Å². The molecule has 0 saturated carbocycles. The third kappa shape index (κ3) is 5.24. The third-order valence-corrected chi connectivity index (χ3v) is 7.81. The number of likely N-dealkylation sites (tertiary alicyclic amines) is 1. The summed E-state index contributed by atoms with van der Waals surface area (Å²) in [4.78, 5) is 26.9. The quantitative estimate of drug-likeness (QED) is 0.651. The molecule has 1 saturated heterocycles. The Morgan fingerprint density at radius 1 is 1.06 bits per heavy atom. The van der Waals surface area contributed by atoms with Gasteiger partial charge in [0.25, 0.3) is 10.0 Å². The van der Waals surface area contributed by atoms with Crippen LogP contribution in [0, 0.1) is 0 Å². The van der Waals surface area contributed by atoms with Crippen LogP contribution in [-0.4, -0.2) is 43.1 Å². The molecular formula is C25H35N3O5S. The Morgan fingerprint density at radius 2 is 1.68 bits per heavy atom. The lowest BCUT2D eigenvalue weighted by Crippen LogP contribution is -2.46. The van der Waals surface area contributed by atoms with Crippen LogP contribution in [0.4, 0.5) is 15.3 Å². The van der Waals surface area contributed by atoms with Crippen molar-refractivity contribution in [1.29, 1.82) is 0 Å². The fourth-order valence-corrected chi connectivity index (χ4v) is 6.13. The minimum atomic E-state index is -4.06. The minimum absolute atomic E-state index is 0.480. The molecule has 0 aromatic heterocycles. The third-order valence-electron chi connectivity index (χ3n) is 6.85. The van der Waals surface area contributed by atoms with Gasteiger partial charge in [-0.05, 0) is 107 Å². The first kappa shape index (κ1) is 24.6. The number of nitrogens with zero attached hydrogens (tertiary/aromatic N) is 1. The first-order chi connectivity index (χ1) is 15.9. The lowest BCUT2D eigenvalue weighted by Gasteiger charge is -2.34. The van der Waals surface area contributed by atoms with Crippen LogP contribution in [0.25, 0.3) is 0 Å². The van der Waals surface area contributed by atoms with Crippen LogP contribution in [0.3, 0.4) is 0 Å². The molecule has 34 heavy (non-hydrogen) atoms. The van der Waals surface area contributed by atoms with E-state index in [0.717, 1.165) is 67.2 Å². The molecule has 1 fully saturated rings. The molecule has 3 aliphatic rings. The highest BCUT2D eigenvalue weighted by Gasteiger charge is 2.40. The molecule has 2 N–H and O–H groups in total. The highest BCUT2D eigenvalue weighted by Crippen LogP contribution is 2.38. The fourth-order valence-electron chi connectivity index (χ4n) is 5.28. The van der Waals surface area contributed by atoms with Gasteiger partial charge >= 0.3 is 12.1 Å². The van der Waals surface area contributed by atoms with E-state index >= 15 is 0 Å². The van der Waals surface area contributed by atoms with Crippen LogP contribution in [0.15, 0.2) is 17.6 Å². The van der Waals surface area contributed by atoms with Crippen molar-refractivity contribution in [1.82, 2.24) is 9.62 Å². The van der Waals surface area contributed by atoms with E-state index in [0.29, 0.717) is 13.0 Å². The molecule has 9 heteroatoms. The number of urea groups is 1. The molecule has 186 valence electrons. The molecule has 4 rings (SSSR count). The van der Waals surface area contributed by atoms with Gasteiger partial charge in [0.1, 0.15) is 5.60 Å². The zero-order valence-electron chi connectivity index (χ0n) is 20.5. The first-order valence-corrected chi connectivity index (χ1v) is 13.6. The Labute approximate surface area is 202 Å². The smallest absolute Gasteiger partial charge is 0.410 e. The molecule has 3 amide bonds. The number of carbonyl (C=O) groups is 2. The Kier molecular flexibility index (Phi) is 6.44. The second-order valence-electron chi connectivity index (χ2n) is 10.7. The number of ether oxygens (including phenoxy) is 1. The van der Waals surface area contributed by atoms with Crippen molar-refractivity contribution in [3.8, 4) is 0 Å². The summed E-state index contributed by atoms with van der Waals surface area (Å²) >= 11 is 0. The lowest BCUT2D eigenvalue weighted by molar-refractivity contribution is 0.0169. The summed E-state index contributed by atoms with van der Waals surface area (Å²) in [6.07, 6.45) is 8.19. The maximum Gasteiger partial charge on any atom is 0.410 e. The number of sulfonamides is 1. The predicted octanol–water partition coefficient (Wildman–Crippen LogP) is 4.42. The molecule has 1 aliphatic heterocycles. The second kappa shape index (κ2) is 8.91. The Bertz CT molecular complexity index is 1100. The van der Waals surface area contributed by atoms with Crippen LogP contribution in [0.1, 0.15) is 75.6 Å². The normalized spacial score (nSPS) is 22.1. The topological polar surface area (TPSA) is 105 Å². The molecule has 2 aliphatic carbocycles. The monoisotopic (exact) mass is 489 g/mol. The molecule has 0 bridgehead atoms. The number of amides is 3. The fraction of sp³-hybridized carbons (Fsp3) is 0.600. The lowest BCUT2D eigenvalue weighted by atomic mass is 9.99. The minimum Gasteiger partial charge on any atom is -0.444 e. The van der Waals surface area contributed by atoms with Crippen LogP contribution in [0.5, 0.6) is 0 Å². The number of benzene rings is 1. The maximum atomic E-state index is 12.7. The van der Waals surface area contributed by atoms with E-state index in [1.165, 1.54) is 17.2 Å². The molecule has 0 radical (unpaired) electrons. The molecule has 1 unspecified atom stereocenters. The Balaban J connectivity index is 1.46. The average Bonchev–Trinajstić information content (AvgIpc) is 3.44. The summed E-state index contributed by atoms with van der Waals surface area (Å²) in [6, 6.07) is 1.49. The van der Waals surface area contributed by atoms with Crippen LogP contribution < -0.4 is 10.0 Å². The van der Waals surface area contributed by atoms with E-state index in [4.69, 9.17) is 4.74 Å². The molecule has 1 heterocycles. The Hall–Kier alpha value is -2.55. The predicted molar refractivity (Wildman–Crippen MR) is 131 cm³/mol. The van der Waals surface area contributed by atoms with Gasteiger partial charge in [-0.3, -0.25) is 4.90 Å². The molecule has 8 nitrogen and oxygen atoms in total. The zero-order chi connectivity index (χ0) is 24.7. The maximum absolute atomic E-state index is 12.7. The van der Waals surface area contributed by atoms with Crippen molar-refractivity contribution in [3.63, 3.8) is 0 Å². The molecule has 1 aromatic rings. The summed E-state index contributed by atoms with van der Waals surface area (Å²) in [5, 5.41) is 3.82. The molecule has 0 spiro atoms. The van der Waals surface area contributed by atoms with Gasteiger partial charge in [-0.2, -0.15) is 0 Å². The van der Waals surface area contributed by atoms with E-state index in [2.05, 4.69) is 16.1 Å². The number of aryl methyl sites for hydroxylation is 2. The highest BCUT2D eigenvalue weighted by atomic mass is 32.2. The van der Waals surface area contributed by atoms with Gasteiger partial charge < -0.3 is 10.1 Å². The number of anilines is 1. The van der Waals surface area contributed by atoms with E-state index in [1.807, 2.05) is 0 Å². The van der Waals surface area contributed by atoms with Crippen LogP contribution in [0.2, 0.25) is 0 Å². The van der Waals surface area contributed by atoms with E-state index in [-0.39, 0.29) is 0 Å². The number of rotatable bonds is 4. The SMILES string of the molecule is CC(C)(C)OC(=O)N1CCCC1(C)/C=C/S(=O)(=O)NC(=O)Nc1c2c(cc3c1CCC3)CCC2. The van der Waals surface area contributed by atoms with Gasteiger partial charge in [-0.15, -0.1) is 0 Å². The summed E-state index contributed by atoms with van der Waals surface area (Å²) in [5.74, 6) is 0. The van der Waals surface area contributed by atoms with Crippen molar-refractivity contribution < 1.29 is 22.7 Å². The number of hydrogen-bond acceptors (Lipinski definition) is 5. The largest absolute Gasteiger partial charge is 0.444 e. The highest BCUT2D eigenvalue weighted by molar-refractivity contribution is 7.92. The second-order valence-corrected chi connectivity index (χ2v) is 12.3. The van der Waals surface area contributed by atoms with Crippen LogP contribution in [-0.2, 0) is 40.4 Å². The van der Waals surface area contributed by atoms with Crippen LogP contribution >= 0.6 is 0 Å². The van der Waals surface area contributed by atoms with E-state index in [9.17, 15) is 18.0 Å². The van der Waals surface area contributed by atoms with Gasteiger partial charge in [0.15, 0.2) is 0 Å². The first-order valence-electron chi connectivity index (χ1n) is 12.1. The molecule has 1 aromatic carbocycles. The summed E-state index contributed by atoms with van der Waals surface area (Å²) in [7, 11) is -4.06. The van der Waals surface area contributed by atoms with Gasteiger partial charge in [0.05, 0.1) is 5.54 Å².